The first-order chi connectivity index (χ1) is 0. The SMILES string of the molecule is [In+3].[SbH6-3].[SbH6-3].[Tl+].[Tl+].[Tl+]. The van der Waals surface area contributed by atoms with E-state index >= 15 is 0 Å². The number of hydrogen-bond donors (Lipinski definition) is 0. The van der Waals surface area contributed by atoms with Crippen LogP contribution in [0.25, 0.3) is 0 Å². The third-order valence-electron chi connectivity index (χ3n) is 0. The summed E-state index contributed by atoms with van der Waals surface area (Å²) in [5, 5.41) is 0. The zero-order valence-electron chi connectivity index (χ0n) is 2.31. The maximum Gasteiger partial charge on any atom is 1.00 e. The minimum atomic E-state index is 0. The second-order valence-corrected chi connectivity index (χ2v) is 0. The average molecular weight is 984 g/mol. The molecule has 0 amide bonds. The van der Waals surface area contributed by atoms with E-state index in [1.54, 1.807) is 0 Å². The molecule has 0 aliphatic carbocycles. The van der Waals surface area contributed by atoms with Crippen LogP contribution in [0, 0.1) is 0 Å². The van der Waals surface area contributed by atoms with E-state index in [0.29, 0.717) is 0 Å². The van der Waals surface area contributed by atoms with Gasteiger partial charge < -0.3 is 0 Å². The number of hydrogen-bond acceptors (Lipinski definition) is 0. The molecule has 0 heterocycles. The molecule has 0 spiro atoms. The van der Waals surface area contributed by atoms with Gasteiger partial charge >= 0.3 is 157 Å². The van der Waals surface area contributed by atoms with Crippen LogP contribution in [0.5, 0.6) is 0 Å². The van der Waals surface area contributed by atoms with Gasteiger partial charge in [0.1, 0.15) is 0 Å². The van der Waals surface area contributed by atoms with Gasteiger partial charge in [-0.1, -0.05) is 0 Å². The summed E-state index contributed by atoms with van der Waals surface area (Å²) < 4.78 is 0. The maximum absolute atomic E-state index is 0. The van der Waals surface area contributed by atoms with E-state index < -0.39 is 0 Å². The molecule has 34 valence electrons. The van der Waals surface area contributed by atoms with Crippen molar-refractivity contribution in [1.82, 2.24) is 0 Å². The van der Waals surface area contributed by atoms with Gasteiger partial charge in [0.2, 0.25) is 0 Å². The first-order valence-corrected chi connectivity index (χ1v) is 0. The number of rotatable bonds is 0. The first kappa shape index (κ1) is 42.8. The molecule has 0 aromatic heterocycles. The van der Waals surface area contributed by atoms with Crippen molar-refractivity contribution in [3.63, 3.8) is 0 Å². The largest absolute Gasteiger partial charge is 1.00 e. The van der Waals surface area contributed by atoms with Crippen molar-refractivity contribution in [2.24, 2.45) is 0 Å². The molecule has 6 heteroatoms. The Labute approximate surface area is 152 Å². The van der Waals surface area contributed by atoms with Crippen LogP contribution in [0.2, 0.25) is 0 Å². The summed E-state index contributed by atoms with van der Waals surface area (Å²) in [4.78, 5) is 0. The Morgan fingerprint density at radius 2 is 0.500 bits per heavy atom. The van der Waals surface area contributed by atoms with Gasteiger partial charge in [0.05, 0.1) is 0 Å². The Balaban J connectivity index is 0. The summed E-state index contributed by atoms with van der Waals surface area (Å²) in [6.07, 6.45) is 0. The van der Waals surface area contributed by atoms with Gasteiger partial charge in [0.25, 0.3) is 0 Å². The quantitative estimate of drug-likeness (QED) is 0.213. The van der Waals surface area contributed by atoms with E-state index in [4.69, 9.17) is 0 Å². The molecule has 0 saturated heterocycles. The molecule has 0 nitrogen and oxygen atoms in total. The Morgan fingerprint density at radius 3 is 0.500 bits per heavy atom. The molecule has 0 atom stereocenters. The topological polar surface area (TPSA) is 0 Å². The Morgan fingerprint density at radius 1 is 0.500 bits per heavy atom. The van der Waals surface area contributed by atoms with Gasteiger partial charge in [-0.25, -0.2) is 0 Å². The molecular weight excluding hydrogens is 971 g/mol. The van der Waals surface area contributed by atoms with Crippen LogP contribution in [0.1, 0.15) is 0 Å². The zero-order valence-corrected chi connectivity index (χ0v) is 19.1. The molecule has 0 N–H and O–H groups in total. The van der Waals surface area contributed by atoms with E-state index in [9.17, 15) is 0 Å². The standard InChI is InChI=1S/In.2Sb.3Tl.12H/q+3;2*-3;3*+1;;;;;;;;;;;;. The van der Waals surface area contributed by atoms with Crippen molar-refractivity contribution < 1.29 is 0 Å². The molecule has 0 aliphatic heterocycles. The van der Waals surface area contributed by atoms with Crippen molar-refractivity contribution in [3.05, 3.63) is 0 Å². The predicted molar refractivity (Wildman–Crippen MR) is 51.3 cm³/mol. The molecule has 0 aliphatic rings. The van der Waals surface area contributed by atoms with Gasteiger partial charge in [0.15, 0.2) is 0 Å². The van der Waals surface area contributed by atoms with E-state index in [1.165, 1.54) is 0 Å². The fourth-order valence-electron chi connectivity index (χ4n) is 0. The van der Waals surface area contributed by atoms with Crippen LogP contribution in [-0.2, 0) is 0 Å². The van der Waals surface area contributed by atoms with E-state index in [0.717, 1.165) is 0 Å². The first-order valence-electron chi connectivity index (χ1n) is 0. The Hall–Kier alpha value is 5.27. The predicted octanol–water partition coefficient (Wildman–Crippen LogP) is -5.50. The molecular formula is H12InSb2Tl3. The van der Waals surface area contributed by atoms with Gasteiger partial charge in [-0.2, -0.15) is 0 Å². The van der Waals surface area contributed by atoms with Crippen LogP contribution in [0.4, 0.5) is 0 Å². The smallest absolute Gasteiger partial charge is 1.00 e. The fraction of sp³-hybridized carbons (Fsp3) is 0. The third kappa shape index (κ3) is 22.8. The van der Waals surface area contributed by atoms with Gasteiger partial charge in [-0.3, -0.25) is 0 Å². The minimum Gasteiger partial charge on any atom is 1.00 e. The third-order valence-corrected chi connectivity index (χ3v) is 0. The molecule has 0 aromatic rings. The molecule has 0 fully saturated rings. The fourth-order valence-corrected chi connectivity index (χ4v) is 0. The summed E-state index contributed by atoms with van der Waals surface area (Å²) in [5.74, 6) is 0. The maximum atomic E-state index is 0. The normalized spacial score (nSPS) is 0. The molecule has 0 aromatic carbocycles. The molecule has 0 radical (unpaired) electrons. The van der Waals surface area contributed by atoms with Crippen LogP contribution in [-0.4, -0.2) is 157 Å². The minimum absolute atomic E-state index is 0. The van der Waals surface area contributed by atoms with Gasteiger partial charge in [0, 0.05) is 0 Å². The van der Waals surface area contributed by atoms with Crippen LogP contribution < -0.4 is 0 Å². The molecule has 0 bridgehead atoms. The summed E-state index contributed by atoms with van der Waals surface area (Å²) in [6, 6.07) is 0. The Kier molecular flexibility index (Phi) is 227. The van der Waals surface area contributed by atoms with Crippen molar-refractivity contribution in [3.8, 4) is 0 Å². The van der Waals surface area contributed by atoms with Crippen molar-refractivity contribution >= 4 is 157 Å². The van der Waals surface area contributed by atoms with Crippen LogP contribution in [0.15, 0.2) is 0 Å². The second-order valence-electron chi connectivity index (χ2n) is 0. The Bertz CT molecular complexity index is 8.75. The molecule has 0 unspecified atom stereocenters. The molecule has 0 rings (SSSR count). The molecule has 0 saturated carbocycles. The van der Waals surface area contributed by atoms with E-state index in [2.05, 4.69) is 0 Å². The van der Waals surface area contributed by atoms with E-state index in [-0.39, 0.29) is 157 Å². The van der Waals surface area contributed by atoms with Crippen LogP contribution >= 0.6 is 0 Å². The van der Waals surface area contributed by atoms with Gasteiger partial charge in [-0.15, -0.1) is 0 Å². The summed E-state index contributed by atoms with van der Waals surface area (Å²) >= 11 is 0. The van der Waals surface area contributed by atoms with Crippen molar-refractivity contribution in [1.29, 1.82) is 0 Å². The van der Waals surface area contributed by atoms with Crippen molar-refractivity contribution in [2.45, 2.75) is 0 Å². The van der Waals surface area contributed by atoms with Crippen molar-refractivity contribution in [2.75, 3.05) is 0 Å². The second kappa shape index (κ2) is 31.8. The van der Waals surface area contributed by atoms with Gasteiger partial charge in [-0.05, 0) is 0 Å². The summed E-state index contributed by atoms with van der Waals surface area (Å²) in [7, 11) is 0. The average Bonchev–Trinajstić information content (AvgIpc) is 0. The van der Waals surface area contributed by atoms with Crippen LogP contribution in [0.3, 0.4) is 0 Å². The summed E-state index contributed by atoms with van der Waals surface area (Å²) in [5.41, 5.74) is 0. The zero-order chi connectivity index (χ0) is 0. The molecule has 6 heavy (non-hydrogen) atoms. The monoisotopic (exact) mass is 984 g/mol. The summed E-state index contributed by atoms with van der Waals surface area (Å²) in [6.45, 7) is 0. The van der Waals surface area contributed by atoms with E-state index in [1.807, 2.05) is 0 Å².